The SMILES string of the molecule is CC1CC(CC2CCC(N)C(C)C2)CCC1N.CCCCCCCCCCCC. The Morgan fingerprint density at radius 1 is 0.552 bits per heavy atom. The molecule has 0 radical (unpaired) electrons. The second kappa shape index (κ2) is 16.6. The van der Waals surface area contributed by atoms with Crippen molar-refractivity contribution in [2.45, 2.75) is 149 Å². The van der Waals surface area contributed by atoms with Crippen LogP contribution in [0.3, 0.4) is 0 Å². The van der Waals surface area contributed by atoms with Crippen molar-refractivity contribution >= 4 is 0 Å². The lowest BCUT2D eigenvalue weighted by Crippen LogP contribution is -2.37. The van der Waals surface area contributed by atoms with E-state index in [1.54, 1.807) is 0 Å². The van der Waals surface area contributed by atoms with Crippen LogP contribution in [0.2, 0.25) is 0 Å². The van der Waals surface area contributed by atoms with Crippen molar-refractivity contribution in [2.75, 3.05) is 0 Å². The highest BCUT2D eigenvalue weighted by Crippen LogP contribution is 2.38. The van der Waals surface area contributed by atoms with Gasteiger partial charge in [0, 0.05) is 12.1 Å². The summed E-state index contributed by atoms with van der Waals surface area (Å²) in [6.45, 7) is 9.22. The maximum absolute atomic E-state index is 6.10. The quantitative estimate of drug-likeness (QED) is 0.342. The first-order valence-electron chi connectivity index (χ1n) is 13.5. The van der Waals surface area contributed by atoms with Crippen molar-refractivity contribution in [3.05, 3.63) is 0 Å². The summed E-state index contributed by atoms with van der Waals surface area (Å²) in [6.07, 6.45) is 23.8. The summed E-state index contributed by atoms with van der Waals surface area (Å²) in [6, 6.07) is 0.926. The highest BCUT2D eigenvalue weighted by Gasteiger charge is 2.30. The van der Waals surface area contributed by atoms with E-state index < -0.39 is 0 Å². The Morgan fingerprint density at radius 3 is 1.21 bits per heavy atom. The lowest BCUT2D eigenvalue weighted by molar-refractivity contribution is 0.169. The molecule has 6 unspecified atom stereocenters. The van der Waals surface area contributed by atoms with E-state index in [1.807, 2.05) is 0 Å². The maximum atomic E-state index is 6.10. The predicted octanol–water partition coefficient (Wildman–Crippen LogP) is 7.83. The number of nitrogens with two attached hydrogens (primary N) is 2. The average molecular weight is 409 g/mol. The first-order valence-corrected chi connectivity index (χ1v) is 13.5. The molecule has 2 rings (SSSR count). The molecule has 2 aliphatic rings. The zero-order chi connectivity index (χ0) is 21.5. The lowest BCUT2D eigenvalue weighted by Gasteiger charge is -2.37. The fourth-order valence-corrected chi connectivity index (χ4v) is 5.52. The Bertz CT molecular complexity index is 336. The molecule has 0 aliphatic heterocycles. The summed E-state index contributed by atoms with van der Waals surface area (Å²) in [5.41, 5.74) is 12.2. The topological polar surface area (TPSA) is 52.0 Å². The van der Waals surface area contributed by atoms with Gasteiger partial charge in [-0.1, -0.05) is 91.9 Å². The number of rotatable bonds is 11. The first-order chi connectivity index (χ1) is 14.0. The van der Waals surface area contributed by atoms with E-state index in [-0.39, 0.29) is 0 Å². The van der Waals surface area contributed by atoms with E-state index >= 15 is 0 Å². The Kier molecular flexibility index (Phi) is 15.4. The fourth-order valence-electron chi connectivity index (χ4n) is 5.52. The zero-order valence-corrected chi connectivity index (χ0v) is 20.6. The van der Waals surface area contributed by atoms with E-state index in [4.69, 9.17) is 11.5 Å². The van der Waals surface area contributed by atoms with E-state index in [2.05, 4.69) is 27.7 Å². The maximum Gasteiger partial charge on any atom is 0.00647 e. The highest BCUT2D eigenvalue weighted by molar-refractivity contribution is 4.85. The summed E-state index contributed by atoms with van der Waals surface area (Å²) >= 11 is 0. The Labute approximate surface area is 184 Å². The van der Waals surface area contributed by atoms with Crippen LogP contribution in [0, 0.1) is 23.7 Å². The van der Waals surface area contributed by atoms with Gasteiger partial charge in [-0.05, 0) is 68.6 Å². The molecule has 2 heteroatoms. The Morgan fingerprint density at radius 2 is 0.897 bits per heavy atom. The fraction of sp³-hybridized carbons (Fsp3) is 1.00. The van der Waals surface area contributed by atoms with Gasteiger partial charge in [-0.25, -0.2) is 0 Å². The summed E-state index contributed by atoms with van der Waals surface area (Å²) in [7, 11) is 0. The van der Waals surface area contributed by atoms with Crippen molar-refractivity contribution < 1.29 is 0 Å². The van der Waals surface area contributed by atoms with Crippen LogP contribution in [-0.2, 0) is 0 Å². The molecule has 6 atom stereocenters. The highest BCUT2D eigenvalue weighted by atomic mass is 14.7. The lowest BCUT2D eigenvalue weighted by atomic mass is 9.71. The smallest absolute Gasteiger partial charge is 0.00647 e. The van der Waals surface area contributed by atoms with Gasteiger partial charge in [0.15, 0.2) is 0 Å². The van der Waals surface area contributed by atoms with Crippen LogP contribution in [-0.4, -0.2) is 12.1 Å². The number of unbranched alkanes of at least 4 members (excludes halogenated alkanes) is 9. The average Bonchev–Trinajstić information content (AvgIpc) is 2.70. The van der Waals surface area contributed by atoms with Crippen LogP contribution in [0.4, 0.5) is 0 Å². The molecule has 0 heterocycles. The molecular weight excluding hydrogens is 352 g/mol. The van der Waals surface area contributed by atoms with Gasteiger partial charge in [0.25, 0.3) is 0 Å². The van der Waals surface area contributed by atoms with Crippen LogP contribution in [0.15, 0.2) is 0 Å². The molecule has 2 aliphatic carbocycles. The van der Waals surface area contributed by atoms with E-state index in [1.165, 1.54) is 109 Å². The number of hydrogen-bond acceptors (Lipinski definition) is 2. The van der Waals surface area contributed by atoms with Gasteiger partial charge >= 0.3 is 0 Å². The molecule has 0 aromatic rings. The third-order valence-electron chi connectivity index (χ3n) is 7.81. The second-order valence-corrected chi connectivity index (χ2v) is 10.7. The van der Waals surface area contributed by atoms with Crippen molar-refractivity contribution in [3.8, 4) is 0 Å². The summed E-state index contributed by atoms with van der Waals surface area (Å²) in [5, 5.41) is 0. The van der Waals surface area contributed by atoms with E-state index in [9.17, 15) is 0 Å². The van der Waals surface area contributed by atoms with E-state index in [0.29, 0.717) is 12.1 Å². The molecule has 2 fully saturated rings. The van der Waals surface area contributed by atoms with Crippen LogP contribution in [0.1, 0.15) is 137 Å². The molecule has 0 aromatic carbocycles. The molecule has 0 spiro atoms. The van der Waals surface area contributed by atoms with Gasteiger partial charge in [0.2, 0.25) is 0 Å². The molecule has 2 nitrogen and oxygen atoms in total. The monoisotopic (exact) mass is 408 g/mol. The number of hydrogen-bond donors (Lipinski definition) is 2. The second-order valence-electron chi connectivity index (χ2n) is 10.7. The van der Waals surface area contributed by atoms with E-state index in [0.717, 1.165) is 23.7 Å². The van der Waals surface area contributed by atoms with Crippen LogP contribution < -0.4 is 11.5 Å². The van der Waals surface area contributed by atoms with Gasteiger partial charge in [-0.15, -0.1) is 0 Å². The van der Waals surface area contributed by atoms with Gasteiger partial charge < -0.3 is 11.5 Å². The third-order valence-corrected chi connectivity index (χ3v) is 7.81. The largest absolute Gasteiger partial charge is 0.327 e. The van der Waals surface area contributed by atoms with Crippen LogP contribution in [0.5, 0.6) is 0 Å². The summed E-state index contributed by atoms with van der Waals surface area (Å²) < 4.78 is 0. The molecule has 0 saturated heterocycles. The third kappa shape index (κ3) is 12.4. The van der Waals surface area contributed by atoms with Gasteiger partial charge in [0.1, 0.15) is 0 Å². The minimum atomic E-state index is 0.463. The molecular formula is C27H56N2. The molecule has 4 N–H and O–H groups in total. The first kappa shape index (κ1) is 27.0. The summed E-state index contributed by atoms with van der Waals surface area (Å²) in [4.78, 5) is 0. The molecule has 0 amide bonds. The molecule has 0 aromatic heterocycles. The minimum Gasteiger partial charge on any atom is -0.327 e. The molecule has 29 heavy (non-hydrogen) atoms. The Balaban J connectivity index is 0.000000311. The van der Waals surface area contributed by atoms with Crippen LogP contribution >= 0.6 is 0 Å². The normalized spacial score (nSPS) is 32.5. The standard InChI is InChI=1S/C15H30N2.C12H26/c1-10-7-12(3-5-14(10)16)9-13-4-6-15(17)11(2)8-13;1-3-5-7-9-11-12-10-8-6-4-2/h10-15H,3-9,16-17H2,1-2H3;3-12H2,1-2H3. The van der Waals surface area contributed by atoms with Crippen molar-refractivity contribution in [1.82, 2.24) is 0 Å². The van der Waals surface area contributed by atoms with Gasteiger partial charge in [-0.2, -0.15) is 0 Å². The van der Waals surface area contributed by atoms with Gasteiger partial charge in [-0.3, -0.25) is 0 Å². The van der Waals surface area contributed by atoms with Crippen molar-refractivity contribution in [3.63, 3.8) is 0 Å². The molecule has 174 valence electrons. The predicted molar refractivity (Wildman–Crippen MR) is 131 cm³/mol. The molecule has 0 bridgehead atoms. The Hall–Kier alpha value is -0.0800. The van der Waals surface area contributed by atoms with Crippen molar-refractivity contribution in [1.29, 1.82) is 0 Å². The zero-order valence-electron chi connectivity index (χ0n) is 20.6. The van der Waals surface area contributed by atoms with Gasteiger partial charge in [0.05, 0.1) is 0 Å². The van der Waals surface area contributed by atoms with Crippen LogP contribution in [0.25, 0.3) is 0 Å². The summed E-state index contributed by atoms with van der Waals surface area (Å²) in [5.74, 6) is 3.35. The minimum absolute atomic E-state index is 0.463. The molecule has 2 saturated carbocycles. The van der Waals surface area contributed by atoms with Crippen molar-refractivity contribution in [2.24, 2.45) is 35.1 Å².